The van der Waals surface area contributed by atoms with Crippen molar-refractivity contribution in [3.05, 3.63) is 65.2 Å². The Bertz CT molecular complexity index is 866. The van der Waals surface area contributed by atoms with E-state index in [1.54, 1.807) is 29.2 Å². The van der Waals surface area contributed by atoms with Crippen LogP contribution in [0, 0.1) is 0 Å². The van der Waals surface area contributed by atoms with Crippen LogP contribution in [0.4, 0.5) is 5.69 Å². The predicted octanol–water partition coefficient (Wildman–Crippen LogP) is 2.40. The first-order valence-corrected chi connectivity index (χ1v) is 10.1. The highest BCUT2D eigenvalue weighted by Crippen LogP contribution is 2.30. The first-order valence-electron chi connectivity index (χ1n) is 8.59. The van der Waals surface area contributed by atoms with Gasteiger partial charge in [-0.25, -0.2) is 0 Å². The summed E-state index contributed by atoms with van der Waals surface area (Å²) in [5.74, 6) is -0.475. The molecular formula is C20H22N2O3S. The molecule has 0 fully saturated rings. The normalized spacial score (nSPS) is 17.4. The van der Waals surface area contributed by atoms with Gasteiger partial charge in [0.1, 0.15) is 5.75 Å². The summed E-state index contributed by atoms with van der Waals surface area (Å²) < 4.78 is 12.5. The molecule has 0 saturated carbocycles. The molecule has 6 heteroatoms. The van der Waals surface area contributed by atoms with Crippen LogP contribution in [0.5, 0.6) is 0 Å². The second-order valence-corrected chi connectivity index (χ2v) is 8.03. The Hall–Kier alpha value is -2.47. The minimum atomic E-state index is -1.36. The van der Waals surface area contributed by atoms with E-state index in [0.29, 0.717) is 5.56 Å². The quantitative estimate of drug-likeness (QED) is 0.878. The zero-order valence-corrected chi connectivity index (χ0v) is 15.5. The molecular weight excluding hydrogens is 348 g/mol. The van der Waals surface area contributed by atoms with Crippen LogP contribution < -0.4 is 10.6 Å². The van der Waals surface area contributed by atoms with Crippen LogP contribution in [-0.4, -0.2) is 27.8 Å². The zero-order valence-electron chi connectivity index (χ0n) is 14.7. The summed E-state index contributed by atoms with van der Waals surface area (Å²) >= 11 is 0. The number of hydrogen-bond acceptors (Lipinski definition) is 3. The zero-order chi connectivity index (χ0) is 18.7. The van der Waals surface area contributed by atoms with E-state index in [1.165, 1.54) is 0 Å². The lowest BCUT2D eigenvalue weighted by atomic mass is 9.97. The lowest BCUT2D eigenvalue weighted by Gasteiger charge is -2.35. The fraction of sp³-hybridized carbons (Fsp3) is 0.300. The average molecular weight is 370 g/mol. The van der Waals surface area contributed by atoms with Crippen LogP contribution >= 0.6 is 0 Å². The molecule has 0 spiro atoms. The van der Waals surface area contributed by atoms with Crippen molar-refractivity contribution in [1.82, 2.24) is 0 Å². The molecule has 1 aliphatic rings. The van der Waals surface area contributed by atoms with Gasteiger partial charge in [-0.3, -0.25) is 13.8 Å². The number of hydrogen-bond donors (Lipinski definition) is 1. The van der Waals surface area contributed by atoms with Crippen LogP contribution in [0.3, 0.4) is 0 Å². The summed E-state index contributed by atoms with van der Waals surface area (Å²) in [5.41, 5.74) is 8.46. The van der Waals surface area contributed by atoms with E-state index in [4.69, 9.17) is 5.73 Å². The van der Waals surface area contributed by atoms with Gasteiger partial charge in [-0.2, -0.15) is 0 Å². The SMILES string of the molecule is CC1CCc2ccccc2N1C(=O)CS(=O)Cc1cccc(C(N)=O)c1. The number of carbonyl (C=O) groups excluding carboxylic acids is 2. The lowest BCUT2D eigenvalue weighted by Crippen LogP contribution is -2.44. The molecule has 2 aromatic carbocycles. The number of carbonyl (C=O) groups is 2. The van der Waals surface area contributed by atoms with Gasteiger partial charge in [0.05, 0.1) is 0 Å². The monoisotopic (exact) mass is 370 g/mol. The van der Waals surface area contributed by atoms with Gasteiger partial charge in [-0.05, 0) is 49.1 Å². The van der Waals surface area contributed by atoms with Gasteiger partial charge in [0.2, 0.25) is 11.8 Å². The fourth-order valence-corrected chi connectivity index (χ4v) is 4.39. The molecule has 0 bridgehead atoms. The van der Waals surface area contributed by atoms with Crippen molar-refractivity contribution < 1.29 is 13.8 Å². The van der Waals surface area contributed by atoms with E-state index in [2.05, 4.69) is 0 Å². The van der Waals surface area contributed by atoms with E-state index >= 15 is 0 Å². The van der Waals surface area contributed by atoms with Gasteiger partial charge in [0, 0.05) is 33.8 Å². The summed E-state index contributed by atoms with van der Waals surface area (Å²) in [6.07, 6.45) is 1.85. The Morgan fingerprint density at radius 1 is 1.19 bits per heavy atom. The number of nitrogens with zero attached hydrogens (tertiary/aromatic N) is 1. The summed E-state index contributed by atoms with van der Waals surface area (Å²) in [7, 11) is -1.36. The van der Waals surface area contributed by atoms with Gasteiger partial charge in [0.25, 0.3) is 0 Å². The van der Waals surface area contributed by atoms with Gasteiger partial charge in [0.15, 0.2) is 0 Å². The number of benzene rings is 2. The molecule has 2 amide bonds. The predicted molar refractivity (Wildman–Crippen MR) is 103 cm³/mol. The number of nitrogens with two attached hydrogens (primary N) is 1. The third-order valence-corrected chi connectivity index (χ3v) is 5.84. The Labute approximate surface area is 155 Å². The van der Waals surface area contributed by atoms with Crippen molar-refractivity contribution in [3.8, 4) is 0 Å². The molecule has 2 atom stereocenters. The molecule has 2 aromatic rings. The third kappa shape index (κ3) is 4.02. The average Bonchev–Trinajstić information content (AvgIpc) is 2.61. The second-order valence-electron chi connectivity index (χ2n) is 6.57. The summed E-state index contributed by atoms with van der Waals surface area (Å²) in [5, 5.41) is 0. The Morgan fingerprint density at radius 3 is 2.73 bits per heavy atom. The molecule has 1 aliphatic heterocycles. The highest BCUT2D eigenvalue weighted by molar-refractivity contribution is 7.84. The Kier molecular flexibility index (Phi) is 5.52. The largest absolute Gasteiger partial charge is 0.366 e. The number of anilines is 1. The van der Waals surface area contributed by atoms with Crippen LogP contribution in [-0.2, 0) is 27.8 Å². The van der Waals surface area contributed by atoms with Crippen LogP contribution in [0.1, 0.15) is 34.8 Å². The maximum absolute atomic E-state index is 12.8. The van der Waals surface area contributed by atoms with E-state index in [9.17, 15) is 13.8 Å². The summed E-state index contributed by atoms with van der Waals surface area (Å²) in [6.45, 7) is 2.02. The lowest BCUT2D eigenvalue weighted by molar-refractivity contribution is -0.116. The second kappa shape index (κ2) is 7.83. The smallest absolute Gasteiger partial charge is 0.248 e. The van der Waals surface area contributed by atoms with Crippen molar-refractivity contribution >= 4 is 28.3 Å². The van der Waals surface area contributed by atoms with Gasteiger partial charge >= 0.3 is 0 Å². The van der Waals surface area contributed by atoms with E-state index in [0.717, 1.165) is 29.7 Å². The van der Waals surface area contributed by atoms with Gasteiger partial charge in [-0.15, -0.1) is 0 Å². The van der Waals surface area contributed by atoms with Crippen molar-refractivity contribution in [2.45, 2.75) is 31.6 Å². The van der Waals surface area contributed by atoms with E-state index in [1.807, 2.05) is 31.2 Å². The number of para-hydroxylation sites is 1. The molecule has 2 N–H and O–H groups in total. The maximum atomic E-state index is 12.8. The number of amides is 2. The Balaban J connectivity index is 1.71. The molecule has 5 nitrogen and oxygen atoms in total. The minimum Gasteiger partial charge on any atom is -0.366 e. The van der Waals surface area contributed by atoms with Crippen molar-refractivity contribution in [2.24, 2.45) is 5.73 Å². The van der Waals surface area contributed by atoms with Crippen molar-refractivity contribution in [2.75, 3.05) is 10.7 Å². The third-order valence-electron chi connectivity index (χ3n) is 4.62. The van der Waals surface area contributed by atoms with E-state index in [-0.39, 0.29) is 23.5 Å². The molecule has 136 valence electrons. The molecule has 1 heterocycles. The molecule has 0 aromatic heterocycles. The van der Waals surface area contributed by atoms with Gasteiger partial charge in [-0.1, -0.05) is 30.3 Å². The van der Waals surface area contributed by atoms with E-state index < -0.39 is 16.7 Å². The minimum absolute atomic E-state index is 0.0422. The number of fused-ring (bicyclic) bond motifs is 1. The standard InChI is InChI=1S/C20H22N2O3S/c1-14-9-10-16-6-2-3-8-18(16)22(14)19(23)13-26(25)12-15-5-4-7-17(11-15)20(21)24/h2-8,11,14H,9-10,12-13H2,1H3,(H2,21,24). The van der Waals surface area contributed by atoms with Gasteiger partial charge < -0.3 is 10.6 Å². The van der Waals surface area contributed by atoms with Crippen LogP contribution in [0.15, 0.2) is 48.5 Å². The number of rotatable bonds is 5. The summed E-state index contributed by atoms with van der Waals surface area (Å²) in [4.78, 5) is 25.8. The van der Waals surface area contributed by atoms with Crippen molar-refractivity contribution in [3.63, 3.8) is 0 Å². The number of primary amides is 1. The fourth-order valence-electron chi connectivity index (χ4n) is 3.33. The molecule has 0 radical (unpaired) electrons. The topological polar surface area (TPSA) is 80.5 Å². The molecule has 26 heavy (non-hydrogen) atoms. The molecule has 3 rings (SSSR count). The van der Waals surface area contributed by atoms with Crippen LogP contribution in [0.2, 0.25) is 0 Å². The Morgan fingerprint density at radius 2 is 1.96 bits per heavy atom. The molecule has 0 aliphatic carbocycles. The highest BCUT2D eigenvalue weighted by atomic mass is 32.2. The van der Waals surface area contributed by atoms with Crippen molar-refractivity contribution in [1.29, 1.82) is 0 Å². The summed E-state index contributed by atoms with van der Waals surface area (Å²) in [6, 6.07) is 14.7. The highest BCUT2D eigenvalue weighted by Gasteiger charge is 2.28. The molecule has 2 unspecified atom stereocenters. The van der Waals surface area contributed by atoms with Crippen LogP contribution in [0.25, 0.3) is 0 Å². The maximum Gasteiger partial charge on any atom is 0.248 e. The first-order chi connectivity index (χ1) is 12.5. The molecule has 0 saturated heterocycles. The first kappa shape index (κ1) is 18.3. The number of aryl methyl sites for hydroxylation is 1.